The number of hydrogen-bond acceptors (Lipinski definition) is 17. The lowest BCUT2D eigenvalue weighted by molar-refractivity contribution is -0.211. The van der Waals surface area contributed by atoms with Crippen molar-refractivity contribution in [3.63, 3.8) is 0 Å². The maximum absolute atomic E-state index is 15.4. The number of halogens is 2. The van der Waals surface area contributed by atoms with Crippen LogP contribution in [0, 0.1) is 0 Å². The van der Waals surface area contributed by atoms with Gasteiger partial charge in [-0.2, -0.15) is 0 Å². The van der Waals surface area contributed by atoms with Gasteiger partial charge in [0.25, 0.3) is 5.85 Å². The van der Waals surface area contributed by atoms with E-state index < -0.39 is 133 Å². The van der Waals surface area contributed by atoms with Gasteiger partial charge >= 0.3 is 7.82 Å². The smallest absolute Gasteiger partial charge is 0.394 e. The molecule has 18 nitrogen and oxygen atoms in total. The standard InChI is InChI=1S/C20H37F2O18P/c21-14-17(32)12(2-24)39-19(14)35-4-9(27)16(31)11(29)6-38-41(33,34)40-18-13(3-25)36-7-20(18,22)37-5-10(28)15(30)8(26)1-23/h8-19,23-32H,1-7H2,(H,33,34)/t8?,9?,10?,11?,12-,13-,14?,15?,16?,17+,18?,19-,20-/m1/s1. The highest BCUT2D eigenvalue weighted by Gasteiger charge is 2.56. The zero-order valence-corrected chi connectivity index (χ0v) is 22.3. The maximum Gasteiger partial charge on any atom is 0.472 e. The van der Waals surface area contributed by atoms with Crippen LogP contribution in [0.15, 0.2) is 0 Å². The van der Waals surface area contributed by atoms with Crippen LogP contribution in [-0.2, 0) is 32.6 Å². The van der Waals surface area contributed by atoms with Gasteiger partial charge in [0.05, 0.1) is 39.6 Å². The van der Waals surface area contributed by atoms with Crippen LogP contribution in [-0.4, -0.2) is 182 Å². The first-order valence-corrected chi connectivity index (χ1v) is 13.7. The fraction of sp³-hybridized carbons (Fsp3) is 1.00. The highest BCUT2D eigenvalue weighted by molar-refractivity contribution is 7.47. The summed E-state index contributed by atoms with van der Waals surface area (Å²) in [4.78, 5) is 10.0. The molecule has 0 saturated carbocycles. The normalized spacial score (nSPS) is 36.4. The molecule has 9 unspecified atom stereocenters. The predicted molar refractivity (Wildman–Crippen MR) is 123 cm³/mol. The molecule has 0 radical (unpaired) electrons. The van der Waals surface area contributed by atoms with Crippen LogP contribution in [0.4, 0.5) is 8.78 Å². The predicted octanol–water partition coefficient (Wildman–Crippen LogP) is -5.85. The first-order chi connectivity index (χ1) is 19.1. The van der Waals surface area contributed by atoms with E-state index in [9.17, 15) is 54.7 Å². The number of aliphatic hydroxyl groups excluding tert-OH is 10. The molecule has 0 bridgehead atoms. The summed E-state index contributed by atoms with van der Waals surface area (Å²) < 4.78 is 70.6. The fourth-order valence-corrected chi connectivity index (χ4v) is 4.72. The maximum atomic E-state index is 15.4. The van der Waals surface area contributed by atoms with Gasteiger partial charge in [0.1, 0.15) is 61.5 Å². The Bertz CT molecular complexity index is 833. The number of aliphatic hydroxyl groups is 10. The van der Waals surface area contributed by atoms with Gasteiger partial charge in [-0.1, -0.05) is 0 Å². The third-order valence-electron chi connectivity index (χ3n) is 6.24. The highest BCUT2D eigenvalue weighted by Crippen LogP contribution is 2.49. The molecule has 21 heteroatoms. The summed E-state index contributed by atoms with van der Waals surface area (Å²) in [6.07, 6.45) is -22.5. The van der Waals surface area contributed by atoms with Gasteiger partial charge in [0.2, 0.25) is 0 Å². The van der Waals surface area contributed by atoms with Crippen molar-refractivity contribution in [2.45, 2.75) is 79.4 Å². The molecule has 0 aliphatic carbocycles. The first kappa shape index (κ1) is 36.6. The summed E-state index contributed by atoms with van der Waals surface area (Å²) in [5.41, 5.74) is 0. The number of ether oxygens (including phenoxy) is 4. The van der Waals surface area contributed by atoms with Crippen LogP contribution in [0.25, 0.3) is 0 Å². The summed E-state index contributed by atoms with van der Waals surface area (Å²) in [6, 6.07) is 0. The second-order valence-electron chi connectivity index (χ2n) is 9.35. The van der Waals surface area contributed by atoms with Crippen molar-refractivity contribution in [1.82, 2.24) is 0 Å². The molecule has 0 spiro atoms. The average molecular weight is 634 g/mol. The highest BCUT2D eigenvalue weighted by atomic mass is 31.2. The van der Waals surface area contributed by atoms with Gasteiger partial charge in [-0.05, 0) is 0 Å². The summed E-state index contributed by atoms with van der Waals surface area (Å²) in [6.45, 7) is -6.73. The summed E-state index contributed by atoms with van der Waals surface area (Å²) in [7, 11) is -5.34. The average Bonchev–Trinajstić information content (AvgIpc) is 3.41. The van der Waals surface area contributed by atoms with E-state index in [1.165, 1.54) is 0 Å². The number of phosphoric acid groups is 1. The monoisotopic (exact) mass is 634 g/mol. The van der Waals surface area contributed by atoms with Gasteiger partial charge in [-0.3, -0.25) is 9.05 Å². The van der Waals surface area contributed by atoms with Gasteiger partial charge in [-0.25, -0.2) is 13.3 Å². The molecule has 14 atom stereocenters. The van der Waals surface area contributed by atoms with Gasteiger partial charge in [-0.15, -0.1) is 0 Å². The molecule has 2 fully saturated rings. The summed E-state index contributed by atoms with van der Waals surface area (Å²) in [5.74, 6) is -3.12. The lowest BCUT2D eigenvalue weighted by atomic mass is 10.1. The Morgan fingerprint density at radius 2 is 1.46 bits per heavy atom. The number of phosphoric ester groups is 1. The zero-order valence-electron chi connectivity index (χ0n) is 21.4. The van der Waals surface area contributed by atoms with Gasteiger partial charge in [0.15, 0.2) is 18.6 Å². The molecule has 0 aromatic rings. The van der Waals surface area contributed by atoms with E-state index in [1.54, 1.807) is 0 Å². The van der Waals surface area contributed by atoms with Crippen molar-refractivity contribution in [1.29, 1.82) is 0 Å². The van der Waals surface area contributed by atoms with E-state index >= 15 is 4.39 Å². The lowest BCUT2D eigenvalue weighted by Crippen LogP contribution is -2.48. The van der Waals surface area contributed by atoms with Crippen LogP contribution < -0.4 is 0 Å². The molecule has 244 valence electrons. The Kier molecular flexibility index (Phi) is 14.2. The Labute approximate surface area is 231 Å². The molecular weight excluding hydrogens is 597 g/mol. The van der Waals surface area contributed by atoms with Crippen molar-refractivity contribution in [3.05, 3.63) is 0 Å². The van der Waals surface area contributed by atoms with Crippen LogP contribution in [0.5, 0.6) is 0 Å². The van der Waals surface area contributed by atoms with Crippen LogP contribution in [0.3, 0.4) is 0 Å². The molecule has 2 aliphatic rings. The molecule has 0 aromatic carbocycles. The molecular formula is C20H37F2O18P. The van der Waals surface area contributed by atoms with E-state index in [2.05, 4.69) is 4.52 Å². The molecule has 2 saturated heterocycles. The summed E-state index contributed by atoms with van der Waals surface area (Å²) in [5, 5.41) is 95.7. The van der Waals surface area contributed by atoms with E-state index in [0.29, 0.717) is 0 Å². The quantitative estimate of drug-likeness (QED) is 0.0626. The van der Waals surface area contributed by atoms with Crippen molar-refractivity contribution in [3.8, 4) is 0 Å². The minimum atomic E-state index is -5.34. The zero-order chi connectivity index (χ0) is 31.1. The fourth-order valence-electron chi connectivity index (χ4n) is 3.74. The molecule has 0 aromatic heterocycles. The van der Waals surface area contributed by atoms with Crippen LogP contribution >= 0.6 is 7.82 Å². The van der Waals surface area contributed by atoms with Crippen molar-refractivity contribution in [2.24, 2.45) is 0 Å². The van der Waals surface area contributed by atoms with Gasteiger partial charge in [0, 0.05) is 0 Å². The Balaban J connectivity index is 1.90. The van der Waals surface area contributed by atoms with Crippen molar-refractivity contribution < 1.29 is 97.3 Å². The molecule has 2 rings (SSSR count). The van der Waals surface area contributed by atoms with Crippen LogP contribution in [0.1, 0.15) is 0 Å². The largest absolute Gasteiger partial charge is 0.472 e. The third-order valence-corrected chi connectivity index (χ3v) is 7.21. The minimum Gasteiger partial charge on any atom is -0.394 e. The Morgan fingerprint density at radius 1 is 0.902 bits per heavy atom. The molecule has 2 heterocycles. The van der Waals surface area contributed by atoms with E-state index in [4.69, 9.17) is 33.7 Å². The molecule has 2 aliphatic heterocycles. The SMILES string of the molecule is O=P(O)(OCC(O)C(O)C(O)CO[C@@H]1O[C@H](CO)[C@H](O)C1F)OC1[C@@H](CO)OC[C@@]1(F)OCC(O)C(O)C(O)CO. The second-order valence-corrected chi connectivity index (χ2v) is 10.8. The van der Waals surface area contributed by atoms with Gasteiger partial charge < -0.3 is 74.9 Å². The third kappa shape index (κ3) is 9.70. The molecule has 0 amide bonds. The lowest BCUT2D eigenvalue weighted by Gasteiger charge is -2.31. The Morgan fingerprint density at radius 3 is 2.02 bits per heavy atom. The van der Waals surface area contributed by atoms with E-state index in [1.807, 2.05) is 0 Å². The topological polar surface area (TPSA) is 295 Å². The van der Waals surface area contributed by atoms with Crippen LogP contribution in [0.2, 0.25) is 0 Å². The molecule has 41 heavy (non-hydrogen) atoms. The van der Waals surface area contributed by atoms with E-state index in [0.717, 1.165) is 0 Å². The van der Waals surface area contributed by atoms with E-state index in [-0.39, 0.29) is 0 Å². The number of rotatable bonds is 18. The molecule has 11 N–H and O–H groups in total. The minimum absolute atomic E-state index is 0.729. The summed E-state index contributed by atoms with van der Waals surface area (Å²) >= 11 is 0. The van der Waals surface area contributed by atoms with Crippen molar-refractivity contribution >= 4 is 7.82 Å². The number of alkyl halides is 2. The second kappa shape index (κ2) is 15.9. The Hall–Kier alpha value is -0.590. The first-order valence-electron chi connectivity index (χ1n) is 12.2. The van der Waals surface area contributed by atoms with Crippen molar-refractivity contribution in [2.75, 3.05) is 46.2 Å². The number of hydrogen-bond donors (Lipinski definition) is 11.